The summed E-state index contributed by atoms with van der Waals surface area (Å²) < 4.78 is 5.40. The maximum Gasteiger partial charge on any atom is 0.251 e. The van der Waals surface area contributed by atoms with Crippen molar-refractivity contribution in [1.29, 1.82) is 0 Å². The number of hydrogen-bond donors (Lipinski definition) is 1. The predicted molar refractivity (Wildman–Crippen MR) is 75.0 cm³/mol. The summed E-state index contributed by atoms with van der Waals surface area (Å²) in [7, 11) is 0. The number of piperazine rings is 1. The van der Waals surface area contributed by atoms with Crippen LogP contribution in [0.1, 0.15) is 33.1 Å². The van der Waals surface area contributed by atoms with Crippen molar-refractivity contribution in [1.82, 2.24) is 9.80 Å². The summed E-state index contributed by atoms with van der Waals surface area (Å²) in [5.74, 6) is 0.154. The molecule has 2 rings (SSSR count). The normalized spacial score (nSPS) is 23.9. The number of β-amino-alcohol motifs (C(OH)–C–C–N with tert-alkyl or cyclic N) is 1. The van der Waals surface area contributed by atoms with E-state index in [1.807, 2.05) is 4.90 Å². The smallest absolute Gasteiger partial charge is 0.251 e. The number of carbonyl (C=O) groups excluding carboxylic acids is 1. The largest absolute Gasteiger partial charge is 0.395 e. The Morgan fingerprint density at radius 3 is 2.37 bits per heavy atom. The molecule has 0 aromatic carbocycles. The molecule has 1 amide bonds. The van der Waals surface area contributed by atoms with Crippen molar-refractivity contribution in [2.45, 2.75) is 39.2 Å². The van der Waals surface area contributed by atoms with E-state index in [2.05, 4.69) is 18.7 Å². The average molecular weight is 272 g/mol. The average Bonchev–Trinajstić information content (AvgIpc) is 2.94. The van der Waals surface area contributed by atoms with Crippen molar-refractivity contribution in [3.05, 3.63) is 0 Å². The number of ether oxygens (including phenoxy) is 1. The third-order valence-electron chi connectivity index (χ3n) is 3.31. The van der Waals surface area contributed by atoms with Gasteiger partial charge in [0.25, 0.3) is 5.91 Å². The van der Waals surface area contributed by atoms with E-state index in [4.69, 9.17) is 9.84 Å². The quantitative estimate of drug-likeness (QED) is 0.822. The molecule has 19 heavy (non-hydrogen) atoms. The van der Waals surface area contributed by atoms with Crippen LogP contribution in [-0.4, -0.2) is 72.9 Å². The molecule has 2 heterocycles. The molecule has 0 radical (unpaired) electrons. The van der Waals surface area contributed by atoms with Gasteiger partial charge in [0.2, 0.25) is 0 Å². The van der Waals surface area contributed by atoms with Gasteiger partial charge in [-0.3, -0.25) is 9.69 Å². The molecule has 2 fully saturated rings. The molecular weight excluding hydrogens is 244 g/mol. The van der Waals surface area contributed by atoms with Crippen LogP contribution in [0.3, 0.4) is 0 Å². The first-order valence-electron chi connectivity index (χ1n) is 7.46. The van der Waals surface area contributed by atoms with Crippen molar-refractivity contribution in [3.63, 3.8) is 0 Å². The summed E-state index contributed by atoms with van der Waals surface area (Å²) in [6.07, 6.45) is 2.93. The van der Waals surface area contributed by atoms with Crippen LogP contribution in [0, 0.1) is 0 Å². The summed E-state index contributed by atoms with van der Waals surface area (Å²) >= 11 is 0. The van der Waals surface area contributed by atoms with Crippen molar-refractivity contribution >= 4 is 5.91 Å². The maximum absolute atomic E-state index is 12.0. The van der Waals surface area contributed by atoms with Crippen molar-refractivity contribution < 1.29 is 14.6 Å². The number of carbonyl (C=O) groups is 1. The van der Waals surface area contributed by atoms with E-state index in [-0.39, 0.29) is 18.6 Å². The first-order valence-corrected chi connectivity index (χ1v) is 7.46. The molecule has 0 bridgehead atoms. The minimum atomic E-state index is -0.190. The molecule has 5 nitrogen and oxygen atoms in total. The van der Waals surface area contributed by atoms with E-state index in [0.29, 0.717) is 6.54 Å². The molecule has 2 aliphatic rings. The number of hydrogen-bond acceptors (Lipinski definition) is 4. The van der Waals surface area contributed by atoms with Crippen LogP contribution in [0.4, 0.5) is 0 Å². The fourth-order valence-corrected chi connectivity index (χ4v) is 2.31. The Kier molecular flexibility index (Phi) is 8.02. The van der Waals surface area contributed by atoms with Crippen LogP contribution in [0.15, 0.2) is 0 Å². The second-order valence-corrected chi connectivity index (χ2v) is 5.10. The van der Waals surface area contributed by atoms with Gasteiger partial charge in [0.15, 0.2) is 0 Å². The lowest BCUT2D eigenvalue weighted by atomic mass is 10.2. The predicted octanol–water partition coefficient (Wildman–Crippen LogP) is 0.718. The van der Waals surface area contributed by atoms with Gasteiger partial charge in [-0.15, -0.1) is 0 Å². The second-order valence-electron chi connectivity index (χ2n) is 5.10. The minimum Gasteiger partial charge on any atom is -0.395 e. The first kappa shape index (κ1) is 16.4. The maximum atomic E-state index is 12.0. The van der Waals surface area contributed by atoms with E-state index in [0.717, 1.165) is 45.6 Å². The minimum absolute atomic E-state index is 0.154. The fraction of sp³-hybridized carbons (Fsp3) is 0.929. The summed E-state index contributed by atoms with van der Waals surface area (Å²) in [4.78, 5) is 16.1. The lowest BCUT2D eigenvalue weighted by Gasteiger charge is -2.35. The lowest BCUT2D eigenvalue weighted by molar-refractivity contribution is -0.142. The zero-order valence-corrected chi connectivity index (χ0v) is 12.3. The summed E-state index contributed by atoms with van der Waals surface area (Å²) in [5, 5.41) is 8.82. The van der Waals surface area contributed by atoms with E-state index in [9.17, 15) is 4.79 Å². The zero-order valence-electron chi connectivity index (χ0n) is 12.3. The van der Waals surface area contributed by atoms with E-state index < -0.39 is 0 Å². The van der Waals surface area contributed by atoms with Gasteiger partial charge in [0, 0.05) is 39.3 Å². The highest BCUT2D eigenvalue weighted by molar-refractivity contribution is 5.81. The Bertz CT molecular complexity index is 247. The van der Waals surface area contributed by atoms with Gasteiger partial charge in [0.1, 0.15) is 6.10 Å². The molecule has 2 aliphatic heterocycles. The molecule has 0 spiro atoms. The van der Waals surface area contributed by atoms with E-state index in [1.54, 1.807) is 0 Å². The molecule has 0 saturated carbocycles. The summed E-state index contributed by atoms with van der Waals surface area (Å²) in [6.45, 7) is 9.12. The molecule has 0 aliphatic carbocycles. The van der Waals surface area contributed by atoms with Crippen LogP contribution in [0.25, 0.3) is 0 Å². The van der Waals surface area contributed by atoms with Crippen LogP contribution in [0.5, 0.6) is 0 Å². The van der Waals surface area contributed by atoms with Crippen LogP contribution in [-0.2, 0) is 9.53 Å². The molecule has 5 heteroatoms. The van der Waals surface area contributed by atoms with Crippen LogP contribution in [0.2, 0.25) is 0 Å². The molecule has 112 valence electrons. The Balaban J connectivity index is 0.000000550. The van der Waals surface area contributed by atoms with Gasteiger partial charge in [-0.25, -0.2) is 0 Å². The lowest BCUT2D eigenvalue weighted by Crippen LogP contribution is -2.51. The van der Waals surface area contributed by atoms with Crippen molar-refractivity contribution in [2.24, 2.45) is 0 Å². The SMILES string of the molecule is CCC.O=C(C1CCCO1)N1CCN(CCO)CC1. The highest BCUT2D eigenvalue weighted by Crippen LogP contribution is 2.15. The third-order valence-corrected chi connectivity index (χ3v) is 3.31. The van der Waals surface area contributed by atoms with E-state index >= 15 is 0 Å². The van der Waals surface area contributed by atoms with Crippen molar-refractivity contribution in [3.8, 4) is 0 Å². The van der Waals surface area contributed by atoms with Gasteiger partial charge < -0.3 is 14.7 Å². The number of amides is 1. The Hall–Kier alpha value is -0.650. The van der Waals surface area contributed by atoms with Crippen molar-refractivity contribution in [2.75, 3.05) is 45.9 Å². The Morgan fingerprint density at radius 2 is 1.89 bits per heavy atom. The molecule has 0 aromatic heterocycles. The van der Waals surface area contributed by atoms with Gasteiger partial charge in [-0.2, -0.15) is 0 Å². The van der Waals surface area contributed by atoms with E-state index in [1.165, 1.54) is 6.42 Å². The standard InChI is InChI=1S/C11H20N2O3.C3H8/c14-8-7-12-3-5-13(6-4-12)11(15)10-2-1-9-16-10;1-3-2/h10,14H,1-9H2;3H2,1-2H3. The molecule has 1 unspecified atom stereocenters. The Morgan fingerprint density at radius 1 is 1.26 bits per heavy atom. The van der Waals surface area contributed by atoms with Crippen LogP contribution >= 0.6 is 0 Å². The summed E-state index contributed by atoms with van der Waals surface area (Å²) in [6, 6.07) is 0. The topological polar surface area (TPSA) is 53.0 Å². The Labute approximate surface area is 116 Å². The highest BCUT2D eigenvalue weighted by atomic mass is 16.5. The monoisotopic (exact) mass is 272 g/mol. The number of nitrogens with zero attached hydrogens (tertiary/aromatic N) is 2. The molecule has 1 atom stereocenters. The molecule has 0 aromatic rings. The van der Waals surface area contributed by atoms with Gasteiger partial charge in [-0.1, -0.05) is 20.3 Å². The summed E-state index contributed by atoms with van der Waals surface area (Å²) in [5.41, 5.74) is 0. The number of aliphatic hydroxyl groups is 1. The fourth-order valence-electron chi connectivity index (χ4n) is 2.31. The molecule has 2 saturated heterocycles. The first-order chi connectivity index (χ1) is 9.22. The third kappa shape index (κ3) is 5.47. The highest BCUT2D eigenvalue weighted by Gasteiger charge is 2.29. The van der Waals surface area contributed by atoms with Gasteiger partial charge >= 0.3 is 0 Å². The van der Waals surface area contributed by atoms with Gasteiger partial charge in [0.05, 0.1) is 6.61 Å². The molecule has 1 N–H and O–H groups in total. The molecular formula is C14H28N2O3. The zero-order chi connectivity index (χ0) is 14.1. The van der Waals surface area contributed by atoms with Gasteiger partial charge in [-0.05, 0) is 12.8 Å². The second kappa shape index (κ2) is 9.28. The number of rotatable bonds is 3. The number of aliphatic hydroxyl groups excluding tert-OH is 1. The van der Waals surface area contributed by atoms with Crippen LogP contribution < -0.4 is 0 Å².